The van der Waals surface area contributed by atoms with Crippen molar-refractivity contribution < 1.29 is 19.4 Å². The number of nitrogens with zero attached hydrogens (tertiary/aromatic N) is 1. The molecule has 2 heterocycles. The van der Waals surface area contributed by atoms with Crippen LogP contribution in [0, 0.1) is 12.8 Å². The van der Waals surface area contributed by atoms with E-state index < -0.39 is 0 Å². The standard InChI is InChI=1S/C19H28N2O4/c1-14-4-2-5-15(12-14)25-11-8-20-19(23)21-9-3-6-17(21)16-13-24-10-7-18(16)22/h2,4-5,12,16-18,22H,3,6-11,13H2,1H3,(H,20,23)/t16-,17+,18-/m0/s1. The molecule has 0 bridgehead atoms. The first-order chi connectivity index (χ1) is 12.1. The molecule has 0 saturated carbocycles. The van der Waals surface area contributed by atoms with Crippen LogP contribution in [0.3, 0.4) is 0 Å². The Morgan fingerprint density at radius 2 is 2.32 bits per heavy atom. The Labute approximate surface area is 149 Å². The van der Waals surface area contributed by atoms with Gasteiger partial charge in [-0.15, -0.1) is 0 Å². The van der Waals surface area contributed by atoms with E-state index in [2.05, 4.69) is 5.32 Å². The monoisotopic (exact) mass is 348 g/mol. The highest BCUT2D eigenvalue weighted by molar-refractivity contribution is 5.74. The largest absolute Gasteiger partial charge is 0.492 e. The summed E-state index contributed by atoms with van der Waals surface area (Å²) in [5.74, 6) is 0.835. The summed E-state index contributed by atoms with van der Waals surface area (Å²) in [7, 11) is 0. The molecule has 2 amide bonds. The van der Waals surface area contributed by atoms with Crippen molar-refractivity contribution in [3.8, 4) is 5.75 Å². The third-order valence-electron chi connectivity index (χ3n) is 5.05. The molecule has 3 atom stereocenters. The molecule has 0 unspecified atom stereocenters. The number of carbonyl (C=O) groups is 1. The molecule has 2 aliphatic rings. The van der Waals surface area contributed by atoms with Gasteiger partial charge in [-0.3, -0.25) is 0 Å². The van der Waals surface area contributed by atoms with Gasteiger partial charge in [0.2, 0.25) is 0 Å². The van der Waals surface area contributed by atoms with Crippen LogP contribution in [0.1, 0.15) is 24.8 Å². The number of hydrogen-bond acceptors (Lipinski definition) is 4. The maximum Gasteiger partial charge on any atom is 0.317 e. The summed E-state index contributed by atoms with van der Waals surface area (Å²) in [6.07, 6.45) is 2.18. The molecule has 0 aliphatic carbocycles. The first-order valence-electron chi connectivity index (χ1n) is 9.15. The molecule has 0 spiro atoms. The fourth-order valence-corrected chi connectivity index (χ4v) is 3.74. The van der Waals surface area contributed by atoms with Crippen molar-refractivity contribution >= 4 is 6.03 Å². The van der Waals surface area contributed by atoms with Crippen molar-refractivity contribution in [2.24, 2.45) is 5.92 Å². The van der Waals surface area contributed by atoms with Gasteiger partial charge in [0.15, 0.2) is 0 Å². The number of carbonyl (C=O) groups excluding carboxylic acids is 1. The maximum atomic E-state index is 12.5. The molecular weight excluding hydrogens is 320 g/mol. The molecule has 6 nitrogen and oxygen atoms in total. The van der Waals surface area contributed by atoms with E-state index in [1.54, 1.807) is 0 Å². The Hall–Kier alpha value is -1.79. The number of nitrogens with one attached hydrogen (secondary N) is 1. The van der Waals surface area contributed by atoms with Crippen LogP contribution in [0.4, 0.5) is 4.79 Å². The lowest BCUT2D eigenvalue weighted by atomic mass is 9.89. The summed E-state index contributed by atoms with van der Waals surface area (Å²) in [4.78, 5) is 14.4. The first-order valence-corrected chi connectivity index (χ1v) is 9.15. The van der Waals surface area contributed by atoms with Crippen LogP contribution < -0.4 is 10.1 Å². The Balaban J connectivity index is 1.45. The average molecular weight is 348 g/mol. The van der Waals surface area contributed by atoms with Crippen LogP contribution in [0.2, 0.25) is 0 Å². The highest BCUT2D eigenvalue weighted by Gasteiger charge is 2.39. The quantitative estimate of drug-likeness (QED) is 0.798. The molecule has 138 valence electrons. The van der Waals surface area contributed by atoms with Gasteiger partial charge in [-0.1, -0.05) is 12.1 Å². The molecule has 2 saturated heterocycles. The Morgan fingerprint density at radius 3 is 3.12 bits per heavy atom. The highest BCUT2D eigenvalue weighted by atomic mass is 16.5. The van der Waals surface area contributed by atoms with Crippen molar-refractivity contribution in [2.45, 2.75) is 38.3 Å². The molecule has 2 aliphatic heterocycles. The second-order valence-electron chi connectivity index (χ2n) is 6.89. The summed E-state index contributed by atoms with van der Waals surface area (Å²) >= 11 is 0. The molecule has 25 heavy (non-hydrogen) atoms. The van der Waals surface area contributed by atoms with Crippen molar-refractivity contribution in [2.75, 3.05) is 32.9 Å². The SMILES string of the molecule is Cc1cccc(OCCNC(=O)N2CCC[C@@H]2[C@@H]2COCC[C@@H]2O)c1. The first kappa shape index (κ1) is 18.0. The van der Waals surface area contributed by atoms with E-state index in [4.69, 9.17) is 9.47 Å². The van der Waals surface area contributed by atoms with Crippen LogP contribution >= 0.6 is 0 Å². The van der Waals surface area contributed by atoms with Gasteiger partial charge >= 0.3 is 6.03 Å². The van der Waals surface area contributed by atoms with Gasteiger partial charge in [-0.05, 0) is 43.9 Å². The summed E-state index contributed by atoms with van der Waals surface area (Å²) in [6.45, 7) is 4.78. The van der Waals surface area contributed by atoms with E-state index in [0.717, 1.165) is 30.7 Å². The number of benzene rings is 1. The average Bonchev–Trinajstić information content (AvgIpc) is 3.08. The fraction of sp³-hybridized carbons (Fsp3) is 0.632. The molecule has 2 N–H and O–H groups in total. The van der Waals surface area contributed by atoms with Gasteiger partial charge in [0.05, 0.1) is 19.3 Å². The normalized spacial score (nSPS) is 26.5. The third kappa shape index (κ3) is 4.64. The molecule has 1 aromatic rings. The van der Waals surface area contributed by atoms with E-state index in [9.17, 15) is 9.90 Å². The molecule has 6 heteroatoms. The molecule has 1 aromatic carbocycles. The minimum Gasteiger partial charge on any atom is -0.492 e. The topological polar surface area (TPSA) is 71.0 Å². The van der Waals surface area contributed by atoms with Crippen LogP contribution in [0.15, 0.2) is 24.3 Å². The number of rotatable bonds is 5. The number of urea groups is 1. The zero-order valence-corrected chi connectivity index (χ0v) is 14.8. The maximum absolute atomic E-state index is 12.5. The van der Waals surface area contributed by atoms with Gasteiger partial charge in [0.1, 0.15) is 12.4 Å². The molecule has 3 rings (SSSR count). The van der Waals surface area contributed by atoms with Crippen LogP contribution in [0.5, 0.6) is 5.75 Å². The lowest BCUT2D eigenvalue weighted by molar-refractivity contribution is -0.0576. The van der Waals surface area contributed by atoms with Gasteiger partial charge in [0.25, 0.3) is 0 Å². The van der Waals surface area contributed by atoms with Crippen LogP contribution in [0.25, 0.3) is 0 Å². The lowest BCUT2D eigenvalue weighted by Crippen LogP contribution is -2.51. The van der Waals surface area contributed by atoms with E-state index in [-0.39, 0.29) is 24.1 Å². The summed E-state index contributed by atoms with van der Waals surface area (Å²) in [5.41, 5.74) is 1.15. The number of amides is 2. The van der Waals surface area contributed by atoms with E-state index in [1.165, 1.54) is 0 Å². The van der Waals surface area contributed by atoms with Crippen molar-refractivity contribution in [3.63, 3.8) is 0 Å². The van der Waals surface area contributed by atoms with E-state index >= 15 is 0 Å². The zero-order chi connectivity index (χ0) is 17.6. The number of likely N-dealkylation sites (tertiary alicyclic amines) is 1. The Kier molecular flexibility index (Phi) is 6.15. The van der Waals surface area contributed by atoms with Crippen LogP contribution in [-0.2, 0) is 4.74 Å². The van der Waals surface area contributed by atoms with Crippen molar-refractivity contribution in [1.82, 2.24) is 10.2 Å². The third-order valence-corrected chi connectivity index (χ3v) is 5.05. The predicted molar refractivity (Wildman–Crippen MR) is 94.7 cm³/mol. The number of aliphatic hydroxyl groups excluding tert-OH is 1. The number of aliphatic hydroxyl groups is 1. The molecular formula is C19H28N2O4. The smallest absolute Gasteiger partial charge is 0.317 e. The minimum absolute atomic E-state index is 0.0190. The van der Waals surface area contributed by atoms with E-state index in [0.29, 0.717) is 32.8 Å². The lowest BCUT2D eigenvalue weighted by Gasteiger charge is -2.36. The number of aryl methyl sites for hydroxylation is 1. The summed E-state index contributed by atoms with van der Waals surface area (Å²) < 4.78 is 11.2. The second-order valence-corrected chi connectivity index (χ2v) is 6.89. The van der Waals surface area contributed by atoms with Gasteiger partial charge in [0, 0.05) is 25.1 Å². The summed E-state index contributed by atoms with van der Waals surface area (Å²) in [5, 5.41) is 13.2. The van der Waals surface area contributed by atoms with E-state index in [1.807, 2.05) is 36.1 Å². The van der Waals surface area contributed by atoms with Crippen molar-refractivity contribution in [3.05, 3.63) is 29.8 Å². The van der Waals surface area contributed by atoms with Crippen LogP contribution in [-0.4, -0.2) is 61.1 Å². The number of ether oxygens (including phenoxy) is 2. The second kappa shape index (κ2) is 8.54. The molecule has 0 aromatic heterocycles. The van der Waals surface area contributed by atoms with Gasteiger partial charge in [-0.25, -0.2) is 4.79 Å². The molecule has 2 fully saturated rings. The predicted octanol–water partition coefficient (Wildman–Crippen LogP) is 1.95. The van der Waals surface area contributed by atoms with Crippen molar-refractivity contribution in [1.29, 1.82) is 0 Å². The van der Waals surface area contributed by atoms with Gasteiger partial charge in [-0.2, -0.15) is 0 Å². The van der Waals surface area contributed by atoms with Gasteiger partial charge < -0.3 is 24.8 Å². The zero-order valence-electron chi connectivity index (χ0n) is 14.8. The molecule has 0 radical (unpaired) electrons. The number of hydrogen-bond donors (Lipinski definition) is 2. The fourth-order valence-electron chi connectivity index (χ4n) is 3.74. The Morgan fingerprint density at radius 1 is 1.44 bits per heavy atom. The summed E-state index contributed by atoms with van der Waals surface area (Å²) in [6, 6.07) is 7.85. The minimum atomic E-state index is -0.378. The highest BCUT2D eigenvalue weighted by Crippen LogP contribution is 2.29. The Bertz CT molecular complexity index is 580.